The minimum atomic E-state index is 0.704. The Morgan fingerprint density at radius 2 is 2.33 bits per heavy atom. The highest BCUT2D eigenvalue weighted by molar-refractivity contribution is 4.88. The molecule has 1 fully saturated rings. The van der Waals surface area contributed by atoms with Gasteiger partial charge in [0.1, 0.15) is 5.76 Å². The fourth-order valence-electron chi connectivity index (χ4n) is 1.70. The first-order valence-corrected chi connectivity index (χ1v) is 4.56. The van der Waals surface area contributed by atoms with Gasteiger partial charge in [0.05, 0.1) is 12.7 Å². The molecular weight excluding hydrogens is 152 g/mol. The van der Waals surface area contributed by atoms with E-state index in [0.29, 0.717) is 6.04 Å². The van der Waals surface area contributed by atoms with Crippen molar-refractivity contribution in [3.63, 3.8) is 0 Å². The maximum absolute atomic E-state index is 5.12. The number of nitrogens with one attached hydrogen (secondary N) is 1. The Morgan fingerprint density at radius 1 is 1.50 bits per heavy atom. The van der Waals surface area contributed by atoms with Gasteiger partial charge in [-0.3, -0.25) is 0 Å². The van der Waals surface area contributed by atoms with Gasteiger partial charge in [-0.25, -0.2) is 4.98 Å². The molecule has 0 radical (unpaired) electrons. The summed E-state index contributed by atoms with van der Waals surface area (Å²) in [6.45, 7) is 0.824. The van der Waals surface area contributed by atoms with Crippen molar-refractivity contribution in [1.82, 2.24) is 10.3 Å². The van der Waals surface area contributed by atoms with Gasteiger partial charge in [-0.05, 0) is 12.8 Å². The molecule has 3 nitrogen and oxygen atoms in total. The van der Waals surface area contributed by atoms with Gasteiger partial charge in [0, 0.05) is 6.04 Å². The Balaban J connectivity index is 1.74. The van der Waals surface area contributed by atoms with E-state index in [9.17, 15) is 0 Å². The lowest BCUT2D eigenvalue weighted by molar-refractivity contribution is 0.444. The maximum atomic E-state index is 5.12. The highest BCUT2D eigenvalue weighted by Gasteiger charge is 2.13. The molecule has 0 atom stereocenters. The van der Waals surface area contributed by atoms with Crippen molar-refractivity contribution >= 4 is 0 Å². The smallest absolute Gasteiger partial charge is 0.180 e. The van der Waals surface area contributed by atoms with Gasteiger partial charge < -0.3 is 9.73 Å². The summed E-state index contributed by atoms with van der Waals surface area (Å²) in [5, 5.41) is 3.45. The van der Waals surface area contributed by atoms with Crippen LogP contribution in [-0.2, 0) is 6.54 Å². The predicted molar refractivity (Wildman–Crippen MR) is 45.6 cm³/mol. The van der Waals surface area contributed by atoms with Crippen LogP contribution in [0.1, 0.15) is 31.4 Å². The fraction of sp³-hybridized carbons (Fsp3) is 0.667. The SMILES string of the molecule is c1ncc(CNC2CCCC2)o1. The van der Waals surface area contributed by atoms with E-state index in [1.807, 2.05) is 0 Å². The van der Waals surface area contributed by atoms with Crippen molar-refractivity contribution < 1.29 is 4.42 Å². The molecular formula is C9H14N2O. The summed E-state index contributed by atoms with van der Waals surface area (Å²) in [7, 11) is 0. The van der Waals surface area contributed by atoms with Gasteiger partial charge in [-0.1, -0.05) is 12.8 Å². The molecule has 0 aromatic carbocycles. The molecule has 12 heavy (non-hydrogen) atoms. The molecule has 1 heterocycles. The fourth-order valence-corrected chi connectivity index (χ4v) is 1.70. The third kappa shape index (κ3) is 1.85. The third-order valence-electron chi connectivity index (χ3n) is 2.40. The molecule has 0 aliphatic heterocycles. The van der Waals surface area contributed by atoms with Gasteiger partial charge in [0.2, 0.25) is 0 Å². The van der Waals surface area contributed by atoms with Gasteiger partial charge >= 0.3 is 0 Å². The number of nitrogens with zero attached hydrogens (tertiary/aromatic N) is 1. The second-order valence-electron chi connectivity index (χ2n) is 3.33. The lowest BCUT2D eigenvalue weighted by Gasteiger charge is -2.08. The molecule has 0 spiro atoms. The van der Waals surface area contributed by atoms with Crippen LogP contribution in [0.4, 0.5) is 0 Å². The Hall–Kier alpha value is -0.830. The number of oxazole rings is 1. The van der Waals surface area contributed by atoms with Crippen LogP contribution in [0.2, 0.25) is 0 Å². The molecule has 0 unspecified atom stereocenters. The Bertz CT molecular complexity index is 214. The maximum Gasteiger partial charge on any atom is 0.180 e. The number of hydrogen-bond donors (Lipinski definition) is 1. The van der Waals surface area contributed by atoms with Crippen molar-refractivity contribution in [1.29, 1.82) is 0 Å². The number of aromatic nitrogens is 1. The van der Waals surface area contributed by atoms with E-state index in [4.69, 9.17) is 4.42 Å². The monoisotopic (exact) mass is 166 g/mol. The van der Waals surface area contributed by atoms with Crippen molar-refractivity contribution in [2.75, 3.05) is 0 Å². The van der Waals surface area contributed by atoms with E-state index in [-0.39, 0.29) is 0 Å². The summed E-state index contributed by atoms with van der Waals surface area (Å²) in [6, 6.07) is 0.704. The van der Waals surface area contributed by atoms with Gasteiger partial charge in [-0.15, -0.1) is 0 Å². The van der Waals surface area contributed by atoms with Crippen LogP contribution in [0.15, 0.2) is 17.0 Å². The van der Waals surface area contributed by atoms with Crippen LogP contribution in [0, 0.1) is 0 Å². The molecule has 1 aromatic rings. The summed E-state index contributed by atoms with van der Waals surface area (Å²) >= 11 is 0. The molecule has 3 heteroatoms. The first-order valence-electron chi connectivity index (χ1n) is 4.56. The Labute approximate surface area is 72.2 Å². The standard InChI is InChI=1S/C9H14N2O/c1-2-4-8(3-1)11-6-9-5-10-7-12-9/h5,7-8,11H,1-4,6H2. The van der Waals surface area contributed by atoms with E-state index in [1.54, 1.807) is 6.20 Å². The summed E-state index contributed by atoms with van der Waals surface area (Å²) in [4.78, 5) is 3.86. The summed E-state index contributed by atoms with van der Waals surface area (Å²) in [6.07, 6.45) is 8.61. The van der Waals surface area contributed by atoms with E-state index in [1.165, 1.54) is 32.1 Å². The topological polar surface area (TPSA) is 38.1 Å². The van der Waals surface area contributed by atoms with E-state index >= 15 is 0 Å². The van der Waals surface area contributed by atoms with E-state index in [2.05, 4.69) is 10.3 Å². The quantitative estimate of drug-likeness (QED) is 0.742. The van der Waals surface area contributed by atoms with Crippen LogP contribution >= 0.6 is 0 Å². The second-order valence-corrected chi connectivity index (χ2v) is 3.33. The molecule has 1 saturated carbocycles. The molecule has 0 bridgehead atoms. The largest absolute Gasteiger partial charge is 0.447 e. The average molecular weight is 166 g/mol. The zero-order valence-electron chi connectivity index (χ0n) is 7.12. The van der Waals surface area contributed by atoms with Crippen LogP contribution in [0.5, 0.6) is 0 Å². The normalized spacial score (nSPS) is 18.7. The average Bonchev–Trinajstić information content (AvgIpc) is 2.74. The van der Waals surface area contributed by atoms with Crippen molar-refractivity contribution in [2.24, 2.45) is 0 Å². The molecule has 2 rings (SSSR count). The molecule has 1 aromatic heterocycles. The van der Waals surface area contributed by atoms with Crippen molar-refractivity contribution in [3.8, 4) is 0 Å². The molecule has 1 aliphatic rings. The Kier molecular flexibility index (Phi) is 2.42. The molecule has 0 amide bonds. The first kappa shape index (κ1) is 7.80. The van der Waals surface area contributed by atoms with Crippen LogP contribution < -0.4 is 5.32 Å². The minimum Gasteiger partial charge on any atom is -0.447 e. The Morgan fingerprint density at radius 3 is 3.00 bits per heavy atom. The van der Waals surface area contributed by atoms with Gasteiger partial charge in [-0.2, -0.15) is 0 Å². The highest BCUT2D eigenvalue weighted by Crippen LogP contribution is 2.17. The second kappa shape index (κ2) is 3.72. The third-order valence-corrected chi connectivity index (χ3v) is 2.40. The lowest BCUT2D eigenvalue weighted by Crippen LogP contribution is -2.24. The van der Waals surface area contributed by atoms with E-state index in [0.717, 1.165) is 12.3 Å². The molecule has 0 saturated heterocycles. The summed E-state index contributed by atoms with van der Waals surface area (Å²) in [5.41, 5.74) is 0. The predicted octanol–water partition coefficient (Wildman–Crippen LogP) is 1.71. The van der Waals surface area contributed by atoms with Crippen LogP contribution in [0.25, 0.3) is 0 Å². The van der Waals surface area contributed by atoms with Gasteiger partial charge in [0.15, 0.2) is 6.39 Å². The minimum absolute atomic E-state index is 0.704. The summed E-state index contributed by atoms with van der Waals surface area (Å²) < 4.78 is 5.12. The van der Waals surface area contributed by atoms with Crippen LogP contribution in [0.3, 0.4) is 0 Å². The number of rotatable bonds is 3. The van der Waals surface area contributed by atoms with Gasteiger partial charge in [0.25, 0.3) is 0 Å². The molecule has 66 valence electrons. The molecule has 1 aliphatic carbocycles. The first-order chi connectivity index (χ1) is 5.95. The summed E-state index contributed by atoms with van der Waals surface area (Å²) in [5.74, 6) is 0.932. The number of hydrogen-bond acceptors (Lipinski definition) is 3. The lowest BCUT2D eigenvalue weighted by atomic mass is 10.2. The highest BCUT2D eigenvalue weighted by atomic mass is 16.3. The van der Waals surface area contributed by atoms with Crippen LogP contribution in [-0.4, -0.2) is 11.0 Å². The zero-order chi connectivity index (χ0) is 8.23. The van der Waals surface area contributed by atoms with Crippen molar-refractivity contribution in [2.45, 2.75) is 38.3 Å². The molecule has 1 N–H and O–H groups in total. The van der Waals surface area contributed by atoms with E-state index < -0.39 is 0 Å². The van der Waals surface area contributed by atoms with Crippen molar-refractivity contribution in [3.05, 3.63) is 18.4 Å². The zero-order valence-corrected chi connectivity index (χ0v) is 7.12.